The Hall–Kier alpha value is -1.38. The highest BCUT2D eigenvalue weighted by atomic mass is 16.4. The second-order valence-electron chi connectivity index (χ2n) is 3.65. The monoisotopic (exact) mass is 209 g/mol. The lowest BCUT2D eigenvalue weighted by molar-refractivity contribution is -0.142. The van der Waals surface area contributed by atoms with E-state index in [1.165, 1.54) is 0 Å². The normalized spacial score (nSPS) is 10.2. The maximum Gasteiger partial charge on any atom is 0.315 e. The summed E-state index contributed by atoms with van der Waals surface area (Å²) in [7, 11) is 0. The minimum atomic E-state index is -0.911. The molecule has 0 amide bonds. The number of carboxylic acid groups (broad SMARTS) is 1. The first-order valence-corrected chi connectivity index (χ1v) is 5.11. The Balaban J connectivity index is 0.000000921. The van der Waals surface area contributed by atoms with Crippen molar-refractivity contribution >= 4 is 5.97 Å². The number of aliphatic carboxylic acids is 1. The third-order valence-corrected chi connectivity index (χ3v) is 2.09. The van der Waals surface area contributed by atoms with Crippen LogP contribution in [0.1, 0.15) is 39.0 Å². The van der Waals surface area contributed by atoms with E-state index in [0.717, 1.165) is 5.56 Å². The molecule has 1 rings (SSSR count). The Morgan fingerprint density at radius 2 is 1.93 bits per heavy atom. The molecule has 0 aliphatic carbocycles. The molecule has 1 N–H and O–H groups in total. The second kappa shape index (κ2) is 5.49. The molecule has 0 unspecified atom stereocenters. The predicted molar refractivity (Wildman–Crippen MR) is 61.0 cm³/mol. The fourth-order valence-electron chi connectivity index (χ4n) is 0.988. The van der Waals surface area contributed by atoms with Gasteiger partial charge in [-0.25, -0.2) is 0 Å². The van der Waals surface area contributed by atoms with Crippen LogP contribution in [0.3, 0.4) is 0 Å². The van der Waals surface area contributed by atoms with Gasteiger partial charge in [-0.15, -0.1) is 0 Å². The highest BCUT2D eigenvalue weighted by Crippen LogP contribution is 2.21. The molecule has 0 radical (unpaired) electrons. The van der Waals surface area contributed by atoms with Gasteiger partial charge in [0.1, 0.15) is 5.41 Å². The second-order valence-corrected chi connectivity index (χ2v) is 3.65. The van der Waals surface area contributed by atoms with Gasteiger partial charge in [0.05, 0.1) is 5.69 Å². The molecule has 0 saturated heterocycles. The third-order valence-electron chi connectivity index (χ3n) is 2.09. The summed E-state index contributed by atoms with van der Waals surface area (Å²) < 4.78 is 0. The van der Waals surface area contributed by atoms with Gasteiger partial charge in [0, 0.05) is 6.20 Å². The summed E-state index contributed by atoms with van der Waals surface area (Å²) in [6.07, 6.45) is 1.63. The quantitative estimate of drug-likeness (QED) is 0.814. The Bertz CT molecular complexity index is 332. The zero-order valence-electron chi connectivity index (χ0n) is 10.0. The number of aromatic nitrogens is 1. The third kappa shape index (κ3) is 3.35. The summed E-state index contributed by atoms with van der Waals surface area (Å²) >= 11 is 0. The van der Waals surface area contributed by atoms with E-state index in [-0.39, 0.29) is 0 Å². The van der Waals surface area contributed by atoms with E-state index in [0.29, 0.717) is 5.69 Å². The van der Waals surface area contributed by atoms with E-state index < -0.39 is 11.4 Å². The molecule has 0 saturated carbocycles. The lowest BCUT2D eigenvalue weighted by atomic mass is 9.88. The maximum atomic E-state index is 10.9. The number of hydrogen-bond acceptors (Lipinski definition) is 2. The van der Waals surface area contributed by atoms with Crippen LogP contribution >= 0.6 is 0 Å². The fraction of sp³-hybridized carbons (Fsp3) is 0.500. The smallest absolute Gasteiger partial charge is 0.315 e. The first-order valence-electron chi connectivity index (χ1n) is 5.11. The van der Waals surface area contributed by atoms with Crippen molar-refractivity contribution < 1.29 is 9.90 Å². The van der Waals surface area contributed by atoms with Gasteiger partial charge in [-0.05, 0) is 38.5 Å². The van der Waals surface area contributed by atoms with Crippen LogP contribution in [-0.4, -0.2) is 16.1 Å². The lowest BCUT2D eigenvalue weighted by Gasteiger charge is -2.18. The van der Waals surface area contributed by atoms with Crippen molar-refractivity contribution in [2.45, 2.75) is 40.0 Å². The van der Waals surface area contributed by atoms with Crippen molar-refractivity contribution in [2.75, 3.05) is 0 Å². The number of rotatable bonds is 2. The van der Waals surface area contributed by atoms with E-state index >= 15 is 0 Å². The average molecular weight is 209 g/mol. The number of carbonyl (C=O) groups is 1. The van der Waals surface area contributed by atoms with Gasteiger partial charge >= 0.3 is 5.97 Å². The largest absolute Gasteiger partial charge is 0.481 e. The van der Waals surface area contributed by atoms with Gasteiger partial charge in [0.15, 0.2) is 0 Å². The van der Waals surface area contributed by atoms with Gasteiger partial charge in [0.25, 0.3) is 0 Å². The summed E-state index contributed by atoms with van der Waals surface area (Å²) in [5.41, 5.74) is 0.714. The minimum Gasteiger partial charge on any atom is -0.481 e. The van der Waals surface area contributed by atoms with Crippen LogP contribution in [0.5, 0.6) is 0 Å². The van der Waals surface area contributed by atoms with E-state index in [4.69, 9.17) is 5.11 Å². The standard InChI is InChI=1S/C10H13NO2.C2H6/c1-7-4-5-11-8(6-7)10(2,3)9(12)13;1-2/h4-6H,1-3H3,(H,12,13);1-2H3. The van der Waals surface area contributed by atoms with E-state index in [1.807, 2.05) is 26.8 Å². The number of aryl methyl sites for hydroxylation is 1. The van der Waals surface area contributed by atoms with Crippen LogP contribution in [0.2, 0.25) is 0 Å². The van der Waals surface area contributed by atoms with Crippen LogP contribution in [0.4, 0.5) is 0 Å². The van der Waals surface area contributed by atoms with Crippen LogP contribution in [0.15, 0.2) is 18.3 Å². The Kier molecular flexibility index (Phi) is 4.98. The molecule has 3 heteroatoms. The van der Waals surface area contributed by atoms with Crippen LogP contribution in [0, 0.1) is 6.92 Å². The molecule has 1 aromatic heterocycles. The van der Waals surface area contributed by atoms with Gasteiger partial charge in [-0.2, -0.15) is 0 Å². The average Bonchev–Trinajstić information content (AvgIpc) is 2.20. The van der Waals surface area contributed by atoms with Crippen molar-refractivity contribution in [3.63, 3.8) is 0 Å². The lowest BCUT2D eigenvalue weighted by Crippen LogP contribution is -2.29. The Morgan fingerprint density at radius 1 is 1.40 bits per heavy atom. The summed E-state index contributed by atoms with van der Waals surface area (Å²) in [5, 5.41) is 8.95. The molecule has 1 aromatic rings. The molecule has 0 bridgehead atoms. The van der Waals surface area contributed by atoms with Gasteiger partial charge < -0.3 is 5.11 Å². The number of hydrogen-bond donors (Lipinski definition) is 1. The maximum absolute atomic E-state index is 10.9. The molecule has 0 spiro atoms. The van der Waals surface area contributed by atoms with Gasteiger partial charge in [-0.3, -0.25) is 9.78 Å². The Morgan fingerprint density at radius 3 is 2.33 bits per heavy atom. The van der Waals surface area contributed by atoms with Crippen molar-refractivity contribution in [1.82, 2.24) is 4.98 Å². The summed E-state index contributed by atoms with van der Waals surface area (Å²) in [5.74, 6) is -0.856. The molecule has 15 heavy (non-hydrogen) atoms. The molecule has 0 aliphatic rings. The highest BCUT2D eigenvalue weighted by Gasteiger charge is 2.30. The zero-order chi connectivity index (χ0) is 12.1. The summed E-state index contributed by atoms with van der Waals surface area (Å²) in [4.78, 5) is 14.9. The van der Waals surface area contributed by atoms with Crippen molar-refractivity contribution in [1.29, 1.82) is 0 Å². The van der Waals surface area contributed by atoms with Crippen molar-refractivity contribution in [3.05, 3.63) is 29.6 Å². The van der Waals surface area contributed by atoms with Crippen molar-refractivity contribution in [2.24, 2.45) is 0 Å². The first kappa shape index (κ1) is 13.6. The highest BCUT2D eigenvalue weighted by molar-refractivity contribution is 5.79. The topological polar surface area (TPSA) is 50.2 Å². The summed E-state index contributed by atoms with van der Waals surface area (Å²) in [6, 6.07) is 3.65. The number of nitrogens with zero attached hydrogens (tertiary/aromatic N) is 1. The number of carboxylic acids is 1. The molecular formula is C12H19NO2. The van der Waals surface area contributed by atoms with Gasteiger partial charge in [0.2, 0.25) is 0 Å². The molecule has 0 atom stereocenters. The molecule has 0 aromatic carbocycles. The van der Waals surface area contributed by atoms with Crippen LogP contribution in [-0.2, 0) is 10.2 Å². The fourth-order valence-corrected chi connectivity index (χ4v) is 0.988. The SMILES string of the molecule is CC.Cc1ccnc(C(C)(C)C(=O)O)c1. The van der Waals surface area contributed by atoms with Crippen molar-refractivity contribution in [3.8, 4) is 0 Å². The molecule has 1 heterocycles. The Labute approximate surface area is 91.2 Å². The molecule has 84 valence electrons. The predicted octanol–water partition coefficient (Wildman–Crippen LogP) is 2.78. The van der Waals surface area contributed by atoms with Crippen LogP contribution < -0.4 is 0 Å². The van der Waals surface area contributed by atoms with Gasteiger partial charge in [-0.1, -0.05) is 13.8 Å². The number of pyridine rings is 1. The first-order chi connectivity index (χ1) is 6.94. The van der Waals surface area contributed by atoms with E-state index in [1.54, 1.807) is 26.1 Å². The zero-order valence-corrected chi connectivity index (χ0v) is 10.0. The molecule has 0 fully saturated rings. The molecular weight excluding hydrogens is 190 g/mol. The summed E-state index contributed by atoms with van der Waals surface area (Å²) in [6.45, 7) is 9.22. The van der Waals surface area contributed by atoms with E-state index in [2.05, 4.69) is 4.98 Å². The minimum absolute atomic E-state index is 0.597. The molecule has 3 nitrogen and oxygen atoms in total. The van der Waals surface area contributed by atoms with Crippen LogP contribution in [0.25, 0.3) is 0 Å². The molecule has 0 aliphatic heterocycles. The van der Waals surface area contributed by atoms with E-state index in [9.17, 15) is 4.79 Å².